The van der Waals surface area contributed by atoms with E-state index in [0.29, 0.717) is 25.4 Å². The van der Waals surface area contributed by atoms with Crippen LogP contribution in [0.4, 0.5) is 0 Å². The second-order valence-corrected chi connectivity index (χ2v) is 7.50. The first-order chi connectivity index (χ1) is 13.9. The molecule has 0 atom stereocenters. The number of amides is 2. The van der Waals surface area contributed by atoms with Crippen LogP contribution in [-0.2, 0) is 4.79 Å². The maximum atomic E-state index is 12.0. The number of nitrogens with zero attached hydrogens (tertiary/aromatic N) is 3. The van der Waals surface area contributed by atoms with Crippen molar-refractivity contribution in [1.82, 2.24) is 25.8 Å². The quantitative estimate of drug-likeness (QED) is 0.329. The van der Waals surface area contributed by atoms with Crippen LogP contribution in [-0.4, -0.2) is 86.5 Å². The summed E-state index contributed by atoms with van der Waals surface area (Å²) in [6, 6.07) is 1.94. The summed E-state index contributed by atoms with van der Waals surface area (Å²) in [7, 11) is 1.77. The number of piperazine rings is 1. The Balaban J connectivity index is 1.63. The van der Waals surface area contributed by atoms with Gasteiger partial charge in [-0.15, -0.1) is 0 Å². The molecule has 1 aliphatic rings. The molecule has 162 valence electrons. The zero-order chi connectivity index (χ0) is 21.2. The van der Waals surface area contributed by atoms with Crippen LogP contribution in [0.15, 0.2) is 21.7 Å². The molecule has 3 N–H and O–H groups in total. The molecule has 0 spiro atoms. The fraction of sp³-hybridized carbons (Fsp3) is 0.650. The van der Waals surface area contributed by atoms with E-state index in [-0.39, 0.29) is 17.9 Å². The molecule has 0 unspecified atom stereocenters. The lowest BCUT2D eigenvalue weighted by Gasteiger charge is -2.36. The third kappa shape index (κ3) is 7.41. The van der Waals surface area contributed by atoms with Crippen LogP contribution in [0.3, 0.4) is 0 Å². The first kappa shape index (κ1) is 22.7. The Morgan fingerprint density at radius 3 is 2.45 bits per heavy atom. The van der Waals surface area contributed by atoms with Crippen molar-refractivity contribution in [2.75, 3.05) is 52.9 Å². The van der Waals surface area contributed by atoms with Crippen LogP contribution in [0, 0.1) is 6.92 Å². The monoisotopic (exact) mass is 406 g/mol. The van der Waals surface area contributed by atoms with Gasteiger partial charge in [0.05, 0.1) is 12.8 Å². The van der Waals surface area contributed by atoms with Crippen LogP contribution in [0.2, 0.25) is 0 Å². The predicted octanol–water partition coefficient (Wildman–Crippen LogP) is 0.426. The minimum absolute atomic E-state index is 0.0720. The third-order valence-electron chi connectivity index (χ3n) is 4.69. The van der Waals surface area contributed by atoms with Gasteiger partial charge in [0.2, 0.25) is 5.91 Å². The van der Waals surface area contributed by atoms with E-state index in [4.69, 9.17) is 4.42 Å². The third-order valence-corrected chi connectivity index (χ3v) is 4.69. The van der Waals surface area contributed by atoms with Gasteiger partial charge in [0.15, 0.2) is 11.7 Å². The van der Waals surface area contributed by atoms with Gasteiger partial charge in [0, 0.05) is 57.9 Å². The van der Waals surface area contributed by atoms with E-state index < -0.39 is 0 Å². The molecule has 2 amide bonds. The lowest BCUT2D eigenvalue weighted by Crippen LogP contribution is -2.54. The van der Waals surface area contributed by atoms with Crippen molar-refractivity contribution in [3.63, 3.8) is 0 Å². The smallest absolute Gasteiger partial charge is 0.287 e. The molecule has 1 aromatic heterocycles. The van der Waals surface area contributed by atoms with Gasteiger partial charge in [0.1, 0.15) is 0 Å². The van der Waals surface area contributed by atoms with Gasteiger partial charge in [-0.1, -0.05) is 0 Å². The number of rotatable bonds is 8. The van der Waals surface area contributed by atoms with Gasteiger partial charge in [-0.25, -0.2) is 0 Å². The van der Waals surface area contributed by atoms with E-state index in [1.165, 1.54) is 6.26 Å². The van der Waals surface area contributed by atoms with Crippen LogP contribution in [0.1, 0.15) is 36.4 Å². The van der Waals surface area contributed by atoms with Gasteiger partial charge in [-0.05, 0) is 33.3 Å². The number of carbonyl (C=O) groups excluding carboxylic acids is 2. The number of aliphatic imine (C=N–C) groups is 1. The van der Waals surface area contributed by atoms with Gasteiger partial charge >= 0.3 is 0 Å². The first-order valence-electron chi connectivity index (χ1n) is 10.2. The number of carbonyl (C=O) groups is 2. The number of hydrogen-bond donors (Lipinski definition) is 3. The summed E-state index contributed by atoms with van der Waals surface area (Å²) in [5, 5.41) is 9.14. The summed E-state index contributed by atoms with van der Waals surface area (Å²) >= 11 is 0. The number of guanidine groups is 1. The Bertz CT molecular complexity index is 692. The van der Waals surface area contributed by atoms with E-state index >= 15 is 0 Å². The second kappa shape index (κ2) is 11.5. The molecule has 9 nitrogen and oxygen atoms in total. The van der Waals surface area contributed by atoms with E-state index in [2.05, 4.69) is 30.7 Å². The van der Waals surface area contributed by atoms with Crippen molar-refractivity contribution in [2.45, 2.75) is 33.2 Å². The standard InChI is InChI=1S/C20H34N6O3/c1-15(2)24-17(27)14-25-9-11-26(12-10-25)20(21-4)23-8-5-7-22-19(28)18-16(3)6-13-29-18/h6,13,15H,5,7-12,14H2,1-4H3,(H,21,23)(H,22,28)(H,24,27). The lowest BCUT2D eigenvalue weighted by atomic mass is 10.2. The average Bonchev–Trinajstić information content (AvgIpc) is 3.10. The van der Waals surface area contributed by atoms with E-state index in [1.807, 2.05) is 20.8 Å². The fourth-order valence-electron chi connectivity index (χ4n) is 3.20. The van der Waals surface area contributed by atoms with Crippen molar-refractivity contribution in [2.24, 2.45) is 4.99 Å². The van der Waals surface area contributed by atoms with Crippen LogP contribution >= 0.6 is 0 Å². The van der Waals surface area contributed by atoms with E-state index in [9.17, 15) is 9.59 Å². The van der Waals surface area contributed by atoms with Gasteiger partial charge in [-0.2, -0.15) is 0 Å². The van der Waals surface area contributed by atoms with Gasteiger partial charge in [0.25, 0.3) is 5.91 Å². The summed E-state index contributed by atoms with van der Waals surface area (Å²) < 4.78 is 5.19. The van der Waals surface area contributed by atoms with Crippen molar-refractivity contribution in [3.05, 3.63) is 23.7 Å². The summed E-state index contributed by atoms with van der Waals surface area (Å²) in [6.07, 6.45) is 2.30. The minimum atomic E-state index is -0.186. The van der Waals surface area contributed by atoms with Gasteiger partial charge < -0.3 is 25.3 Å². The lowest BCUT2D eigenvalue weighted by molar-refractivity contribution is -0.123. The molecule has 1 fully saturated rings. The number of aryl methyl sites for hydroxylation is 1. The Kier molecular flexibility index (Phi) is 8.98. The highest BCUT2D eigenvalue weighted by molar-refractivity contribution is 5.92. The SMILES string of the molecule is CN=C(NCCCNC(=O)c1occc1C)N1CCN(CC(=O)NC(C)C)CC1. The molecule has 0 radical (unpaired) electrons. The minimum Gasteiger partial charge on any atom is -0.459 e. The van der Waals surface area contributed by atoms with Crippen LogP contribution in [0.25, 0.3) is 0 Å². The molecule has 1 saturated heterocycles. The molecule has 2 heterocycles. The van der Waals surface area contributed by atoms with Crippen molar-refractivity contribution in [1.29, 1.82) is 0 Å². The number of furan rings is 1. The Morgan fingerprint density at radius 2 is 1.86 bits per heavy atom. The van der Waals surface area contributed by atoms with E-state index in [0.717, 1.165) is 44.1 Å². The summed E-state index contributed by atoms with van der Waals surface area (Å²) in [6.45, 7) is 10.8. The first-order valence-corrected chi connectivity index (χ1v) is 10.2. The molecule has 1 aliphatic heterocycles. The van der Waals surface area contributed by atoms with E-state index in [1.54, 1.807) is 13.1 Å². The Morgan fingerprint density at radius 1 is 1.17 bits per heavy atom. The van der Waals surface area contributed by atoms with Crippen LogP contribution in [0.5, 0.6) is 0 Å². The maximum absolute atomic E-state index is 12.0. The molecule has 9 heteroatoms. The second-order valence-electron chi connectivity index (χ2n) is 7.50. The Hall–Kier alpha value is -2.55. The summed E-state index contributed by atoms with van der Waals surface area (Å²) in [5.41, 5.74) is 0.835. The molecule has 0 bridgehead atoms. The van der Waals surface area contributed by atoms with Crippen LogP contribution < -0.4 is 16.0 Å². The Labute approximate surface area is 172 Å². The molecule has 0 aromatic carbocycles. The van der Waals surface area contributed by atoms with Crippen molar-refractivity contribution < 1.29 is 14.0 Å². The zero-order valence-corrected chi connectivity index (χ0v) is 18.0. The highest BCUT2D eigenvalue weighted by atomic mass is 16.3. The normalized spacial score (nSPS) is 15.5. The molecule has 29 heavy (non-hydrogen) atoms. The molecule has 0 aliphatic carbocycles. The predicted molar refractivity (Wildman–Crippen MR) is 113 cm³/mol. The summed E-state index contributed by atoms with van der Waals surface area (Å²) in [4.78, 5) is 32.6. The fourth-order valence-corrected chi connectivity index (χ4v) is 3.20. The molecule has 0 saturated carbocycles. The molecular weight excluding hydrogens is 372 g/mol. The highest BCUT2D eigenvalue weighted by Crippen LogP contribution is 2.08. The average molecular weight is 407 g/mol. The van der Waals surface area contributed by atoms with Crippen molar-refractivity contribution in [3.8, 4) is 0 Å². The summed E-state index contributed by atoms with van der Waals surface area (Å²) in [5.74, 6) is 1.11. The van der Waals surface area contributed by atoms with Crippen molar-refractivity contribution >= 4 is 17.8 Å². The highest BCUT2D eigenvalue weighted by Gasteiger charge is 2.21. The maximum Gasteiger partial charge on any atom is 0.287 e. The molecule has 2 rings (SSSR count). The van der Waals surface area contributed by atoms with Gasteiger partial charge in [-0.3, -0.25) is 19.5 Å². The molecule has 1 aromatic rings. The number of hydrogen-bond acceptors (Lipinski definition) is 5. The largest absolute Gasteiger partial charge is 0.459 e. The zero-order valence-electron chi connectivity index (χ0n) is 18.0. The number of nitrogens with one attached hydrogen (secondary N) is 3. The topological polar surface area (TPSA) is 102 Å². The molecular formula is C20H34N6O3.